The lowest BCUT2D eigenvalue weighted by atomic mass is 10.1. The summed E-state index contributed by atoms with van der Waals surface area (Å²) in [5, 5.41) is 11.4. The second-order valence-corrected chi connectivity index (χ2v) is 9.26. The van der Waals surface area contributed by atoms with Gasteiger partial charge in [-0.1, -0.05) is 12.1 Å². The summed E-state index contributed by atoms with van der Waals surface area (Å²) in [6.07, 6.45) is 3.68. The minimum atomic E-state index is -0.502. The first kappa shape index (κ1) is 26.7. The predicted octanol–water partition coefficient (Wildman–Crippen LogP) is 4.39. The maximum absolute atomic E-state index is 13.6. The average molecular weight is 522 g/mol. The number of amides is 2. The highest BCUT2D eigenvalue weighted by atomic mass is 16.6. The van der Waals surface area contributed by atoms with Crippen LogP contribution in [0.15, 0.2) is 59.2 Å². The zero-order chi connectivity index (χ0) is 27.2. The normalized spacial score (nSPS) is 12.6. The van der Waals surface area contributed by atoms with Gasteiger partial charge in [0.2, 0.25) is 5.91 Å². The number of hydrogen-bond acceptors (Lipinski definition) is 7. The van der Waals surface area contributed by atoms with Gasteiger partial charge in [-0.3, -0.25) is 19.7 Å². The predicted molar refractivity (Wildman–Crippen MR) is 139 cm³/mol. The minimum absolute atomic E-state index is 0.0666. The number of hydrogen-bond donors (Lipinski definition) is 0. The summed E-state index contributed by atoms with van der Waals surface area (Å²) in [5.41, 5.74) is 1.51. The molecule has 1 saturated carbocycles. The third kappa shape index (κ3) is 6.31. The van der Waals surface area contributed by atoms with Crippen molar-refractivity contribution in [3.8, 4) is 11.5 Å². The molecule has 0 aliphatic heterocycles. The molecular weight excluding hydrogens is 490 g/mol. The fourth-order valence-corrected chi connectivity index (χ4v) is 4.29. The molecule has 2 amide bonds. The lowest BCUT2D eigenvalue weighted by Crippen LogP contribution is -2.44. The number of benzene rings is 2. The Balaban J connectivity index is 1.52. The van der Waals surface area contributed by atoms with Crippen LogP contribution in [-0.2, 0) is 17.8 Å². The number of rotatable bonds is 12. The number of nitro benzene ring substituents is 1. The van der Waals surface area contributed by atoms with E-state index in [1.807, 2.05) is 18.2 Å². The number of methoxy groups -OCH3 is 2. The lowest BCUT2D eigenvalue weighted by molar-refractivity contribution is -0.385. The molecule has 200 valence electrons. The highest BCUT2D eigenvalue weighted by molar-refractivity contribution is 5.97. The minimum Gasteiger partial charge on any atom is -0.493 e. The molecule has 0 bridgehead atoms. The number of furan rings is 1. The Labute approximate surface area is 220 Å². The Hall–Kier alpha value is -4.34. The van der Waals surface area contributed by atoms with Crippen molar-refractivity contribution in [3.05, 3.63) is 87.4 Å². The van der Waals surface area contributed by atoms with Crippen LogP contribution in [0.4, 0.5) is 5.69 Å². The van der Waals surface area contributed by atoms with Crippen molar-refractivity contribution in [1.29, 1.82) is 0 Å². The van der Waals surface area contributed by atoms with Crippen molar-refractivity contribution in [2.45, 2.75) is 38.8 Å². The van der Waals surface area contributed by atoms with E-state index < -0.39 is 4.92 Å². The van der Waals surface area contributed by atoms with E-state index >= 15 is 0 Å². The van der Waals surface area contributed by atoms with Gasteiger partial charge in [-0.2, -0.15) is 0 Å². The maximum atomic E-state index is 13.6. The van der Waals surface area contributed by atoms with E-state index in [1.165, 1.54) is 11.0 Å². The Morgan fingerprint density at radius 1 is 1.08 bits per heavy atom. The topological polar surface area (TPSA) is 115 Å². The summed E-state index contributed by atoms with van der Waals surface area (Å²) in [6.45, 7) is 2.14. The Kier molecular flexibility index (Phi) is 8.30. The summed E-state index contributed by atoms with van der Waals surface area (Å²) in [4.78, 5) is 41.0. The Morgan fingerprint density at radius 3 is 2.47 bits per heavy atom. The number of carbonyl (C=O) groups is 2. The van der Waals surface area contributed by atoms with E-state index in [9.17, 15) is 19.7 Å². The molecule has 1 aromatic heterocycles. The number of aryl methyl sites for hydroxylation is 1. The summed E-state index contributed by atoms with van der Waals surface area (Å²) < 4.78 is 16.2. The van der Waals surface area contributed by atoms with Crippen LogP contribution >= 0.6 is 0 Å². The SMILES string of the molecule is COc1ccc(CCN(Cc2ccco2)C(=O)CN(C(=O)c2ccc(C)c([N+](=O)[O-])c2)C2CC2)cc1OC. The summed E-state index contributed by atoms with van der Waals surface area (Å²) in [7, 11) is 3.14. The van der Waals surface area contributed by atoms with Gasteiger partial charge in [0, 0.05) is 29.8 Å². The van der Waals surface area contributed by atoms with Crippen molar-refractivity contribution in [2.75, 3.05) is 27.3 Å². The standard InChI is InChI=1S/C28H31N3O7/c1-19-6-8-21(16-24(19)31(34)35)28(33)30(22-9-10-22)18-27(32)29(17-23-5-4-14-38-23)13-12-20-7-11-25(36-2)26(15-20)37-3/h4-8,11,14-16,22H,9-10,12-13,17-18H2,1-3H3. The molecule has 4 rings (SSSR count). The molecule has 10 heteroatoms. The molecule has 0 spiro atoms. The van der Waals surface area contributed by atoms with Gasteiger partial charge >= 0.3 is 0 Å². The van der Waals surface area contributed by atoms with E-state index in [0.29, 0.717) is 35.8 Å². The quantitative estimate of drug-likeness (QED) is 0.256. The Morgan fingerprint density at radius 2 is 1.84 bits per heavy atom. The molecule has 38 heavy (non-hydrogen) atoms. The first-order valence-corrected chi connectivity index (χ1v) is 12.4. The molecular formula is C28H31N3O7. The monoisotopic (exact) mass is 521 g/mol. The summed E-state index contributed by atoms with van der Waals surface area (Å²) in [5.74, 6) is 1.23. The zero-order valence-corrected chi connectivity index (χ0v) is 21.7. The van der Waals surface area contributed by atoms with Crippen LogP contribution in [0, 0.1) is 17.0 Å². The van der Waals surface area contributed by atoms with E-state index in [0.717, 1.165) is 18.4 Å². The maximum Gasteiger partial charge on any atom is 0.273 e. The van der Waals surface area contributed by atoms with Crippen molar-refractivity contribution in [2.24, 2.45) is 0 Å². The van der Waals surface area contributed by atoms with Gasteiger partial charge in [0.25, 0.3) is 11.6 Å². The van der Waals surface area contributed by atoms with E-state index in [2.05, 4.69) is 0 Å². The molecule has 0 radical (unpaired) electrons. The van der Waals surface area contributed by atoms with Crippen LogP contribution in [0.3, 0.4) is 0 Å². The molecule has 3 aromatic rings. The van der Waals surface area contributed by atoms with Crippen molar-refractivity contribution in [1.82, 2.24) is 9.80 Å². The van der Waals surface area contributed by atoms with Crippen LogP contribution in [0.2, 0.25) is 0 Å². The first-order chi connectivity index (χ1) is 18.3. The molecule has 0 unspecified atom stereocenters. The second kappa shape index (κ2) is 11.8. The molecule has 1 aliphatic carbocycles. The van der Waals surface area contributed by atoms with Crippen molar-refractivity contribution >= 4 is 17.5 Å². The molecule has 10 nitrogen and oxygen atoms in total. The fraction of sp³-hybridized carbons (Fsp3) is 0.357. The molecule has 1 aliphatic rings. The van der Waals surface area contributed by atoms with Crippen LogP contribution in [-0.4, -0.2) is 59.9 Å². The molecule has 0 atom stereocenters. The van der Waals surface area contributed by atoms with Crippen LogP contribution in [0.25, 0.3) is 0 Å². The summed E-state index contributed by atoms with van der Waals surface area (Å²) in [6, 6.07) is 13.5. The van der Waals surface area contributed by atoms with E-state index in [1.54, 1.807) is 56.6 Å². The van der Waals surface area contributed by atoms with Gasteiger partial charge in [-0.25, -0.2) is 0 Å². The van der Waals surface area contributed by atoms with Crippen molar-refractivity contribution in [3.63, 3.8) is 0 Å². The van der Waals surface area contributed by atoms with Crippen LogP contribution in [0.5, 0.6) is 11.5 Å². The van der Waals surface area contributed by atoms with E-state index in [4.69, 9.17) is 13.9 Å². The van der Waals surface area contributed by atoms with Gasteiger partial charge in [0.1, 0.15) is 12.3 Å². The van der Waals surface area contributed by atoms with Gasteiger partial charge < -0.3 is 23.7 Å². The molecule has 0 N–H and O–H groups in total. The van der Waals surface area contributed by atoms with Gasteiger partial charge in [0.15, 0.2) is 11.5 Å². The number of ether oxygens (including phenoxy) is 2. The van der Waals surface area contributed by atoms with Gasteiger partial charge in [0.05, 0.1) is 32.0 Å². The van der Waals surface area contributed by atoms with E-state index in [-0.39, 0.29) is 42.2 Å². The first-order valence-electron chi connectivity index (χ1n) is 12.4. The third-order valence-electron chi connectivity index (χ3n) is 6.60. The molecule has 1 heterocycles. The largest absolute Gasteiger partial charge is 0.493 e. The third-order valence-corrected chi connectivity index (χ3v) is 6.60. The summed E-state index contributed by atoms with van der Waals surface area (Å²) >= 11 is 0. The highest BCUT2D eigenvalue weighted by Gasteiger charge is 2.36. The lowest BCUT2D eigenvalue weighted by Gasteiger charge is -2.27. The fourth-order valence-electron chi connectivity index (χ4n) is 4.29. The van der Waals surface area contributed by atoms with Crippen LogP contribution < -0.4 is 9.47 Å². The molecule has 2 aromatic carbocycles. The van der Waals surface area contributed by atoms with Gasteiger partial charge in [-0.15, -0.1) is 0 Å². The smallest absolute Gasteiger partial charge is 0.273 e. The van der Waals surface area contributed by atoms with Crippen LogP contribution in [0.1, 0.15) is 40.1 Å². The molecule has 0 saturated heterocycles. The van der Waals surface area contributed by atoms with Gasteiger partial charge in [-0.05, 0) is 62.1 Å². The molecule has 1 fully saturated rings. The zero-order valence-electron chi connectivity index (χ0n) is 21.7. The number of carbonyl (C=O) groups excluding carboxylic acids is 2. The van der Waals surface area contributed by atoms with Crippen molar-refractivity contribution < 1.29 is 28.4 Å². The second-order valence-electron chi connectivity index (χ2n) is 9.26. The average Bonchev–Trinajstić information content (AvgIpc) is 3.63. The number of nitro groups is 1. The number of nitrogens with zero attached hydrogens (tertiary/aromatic N) is 3. The highest BCUT2D eigenvalue weighted by Crippen LogP contribution is 2.30. The Bertz CT molecular complexity index is 1300.